The van der Waals surface area contributed by atoms with Crippen LogP contribution in [0.5, 0.6) is 0 Å². The number of hydrogen-bond acceptors (Lipinski definition) is 5. The first kappa shape index (κ1) is 18.0. The fourth-order valence-electron chi connectivity index (χ4n) is 2.67. The predicted molar refractivity (Wildman–Crippen MR) is 96.1 cm³/mol. The van der Waals surface area contributed by atoms with Crippen molar-refractivity contribution in [2.75, 3.05) is 39.4 Å². The zero-order valence-electron chi connectivity index (χ0n) is 14.0. The van der Waals surface area contributed by atoms with E-state index in [1.165, 1.54) is 23.5 Å². The molecule has 0 unspecified atom stereocenters. The fraction of sp³-hybridized carbons (Fsp3) is 0.444. The van der Waals surface area contributed by atoms with Crippen LogP contribution in [0.1, 0.15) is 11.4 Å². The van der Waals surface area contributed by atoms with Crippen LogP contribution in [-0.4, -0.2) is 55.2 Å². The van der Waals surface area contributed by atoms with Gasteiger partial charge in [0, 0.05) is 50.0 Å². The molecule has 0 aliphatic carbocycles. The molecule has 134 valence electrons. The maximum atomic E-state index is 13.0. The van der Waals surface area contributed by atoms with Crippen molar-refractivity contribution in [3.8, 4) is 11.3 Å². The number of amides is 1. The maximum absolute atomic E-state index is 13.0. The molecule has 3 rings (SSSR count). The van der Waals surface area contributed by atoms with Gasteiger partial charge in [0.1, 0.15) is 5.82 Å². The van der Waals surface area contributed by atoms with Gasteiger partial charge in [0.05, 0.1) is 23.9 Å². The third kappa shape index (κ3) is 5.59. The standard InChI is InChI=1S/C18H22FN3O2S/c19-15-3-1-14(2-4-15)16-13-25-18(21-16)6-5-17(23)20-7-8-22-9-11-24-12-10-22/h1-4,13H,5-12H2,(H,20,23). The minimum Gasteiger partial charge on any atom is -0.379 e. The van der Waals surface area contributed by atoms with Crippen LogP contribution in [0.2, 0.25) is 0 Å². The molecule has 1 aliphatic rings. The Balaban J connectivity index is 1.39. The summed E-state index contributed by atoms with van der Waals surface area (Å²) in [5.74, 6) is -0.209. The van der Waals surface area contributed by atoms with Crippen molar-refractivity contribution in [1.82, 2.24) is 15.2 Å². The quantitative estimate of drug-likeness (QED) is 0.820. The average Bonchev–Trinajstić information content (AvgIpc) is 3.10. The second-order valence-electron chi connectivity index (χ2n) is 5.94. The second-order valence-corrected chi connectivity index (χ2v) is 6.88. The van der Waals surface area contributed by atoms with E-state index in [1.54, 1.807) is 12.1 Å². The number of aryl methyl sites for hydroxylation is 1. The molecule has 25 heavy (non-hydrogen) atoms. The molecule has 2 aromatic rings. The van der Waals surface area contributed by atoms with Gasteiger partial charge >= 0.3 is 0 Å². The van der Waals surface area contributed by atoms with Crippen LogP contribution in [0.15, 0.2) is 29.6 Å². The zero-order valence-corrected chi connectivity index (χ0v) is 14.9. The summed E-state index contributed by atoms with van der Waals surface area (Å²) in [4.78, 5) is 18.8. The molecule has 1 fully saturated rings. The first-order valence-electron chi connectivity index (χ1n) is 8.48. The van der Waals surface area contributed by atoms with E-state index in [4.69, 9.17) is 4.74 Å². The molecule has 7 heteroatoms. The zero-order chi connectivity index (χ0) is 17.5. The van der Waals surface area contributed by atoms with Gasteiger partial charge in [0.25, 0.3) is 0 Å². The summed E-state index contributed by atoms with van der Waals surface area (Å²) in [6.45, 7) is 4.93. The van der Waals surface area contributed by atoms with Gasteiger partial charge in [-0.2, -0.15) is 0 Å². The predicted octanol–water partition coefficient (Wildman–Crippen LogP) is 2.33. The van der Waals surface area contributed by atoms with Crippen molar-refractivity contribution in [3.63, 3.8) is 0 Å². The fourth-order valence-corrected chi connectivity index (χ4v) is 3.47. The Morgan fingerprint density at radius 1 is 1.28 bits per heavy atom. The van der Waals surface area contributed by atoms with Gasteiger partial charge in [-0.25, -0.2) is 9.37 Å². The Morgan fingerprint density at radius 2 is 2.04 bits per heavy atom. The number of aromatic nitrogens is 1. The summed E-state index contributed by atoms with van der Waals surface area (Å²) in [5.41, 5.74) is 1.71. The van der Waals surface area contributed by atoms with Crippen LogP contribution < -0.4 is 5.32 Å². The lowest BCUT2D eigenvalue weighted by Crippen LogP contribution is -2.41. The van der Waals surface area contributed by atoms with Crippen LogP contribution >= 0.6 is 11.3 Å². The molecule has 2 heterocycles. The van der Waals surface area contributed by atoms with Crippen molar-refractivity contribution in [1.29, 1.82) is 0 Å². The first-order chi connectivity index (χ1) is 12.2. The van der Waals surface area contributed by atoms with Crippen LogP contribution in [0, 0.1) is 5.82 Å². The molecule has 1 aliphatic heterocycles. The molecule has 1 amide bonds. The van der Waals surface area contributed by atoms with Gasteiger partial charge in [-0.15, -0.1) is 11.3 Å². The van der Waals surface area contributed by atoms with Gasteiger partial charge < -0.3 is 10.1 Å². The second kappa shape index (κ2) is 9.03. The van der Waals surface area contributed by atoms with Crippen molar-refractivity contribution < 1.29 is 13.9 Å². The van der Waals surface area contributed by atoms with Crippen LogP contribution in [-0.2, 0) is 16.0 Å². The van der Waals surface area contributed by atoms with E-state index in [2.05, 4.69) is 15.2 Å². The largest absolute Gasteiger partial charge is 0.379 e. The number of rotatable bonds is 7. The highest BCUT2D eigenvalue weighted by Crippen LogP contribution is 2.22. The lowest BCUT2D eigenvalue weighted by molar-refractivity contribution is -0.121. The number of ether oxygens (including phenoxy) is 1. The molecule has 1 aromatic heterocycles. The maximum Gasteiger partial charge on any atom is 0.220 e. The van der Waals surface area contributed by atoms with Crippen molar-refractivity contribution in [2.45, 2.75) is 12.8 Å². The smallest absolute Gasteiger partial charge is 0.220 e. The minimum absolute atomic E-state index is 0.0480. The normalized spacial score (nSPS) is 15.2. The van der Waals surface area contributed by atoms with Crippen molar-refractivity contribution >= 4 is 17.2 Å². The summed E-state index contributed by atoms with van der Waals surface area (Å²) in [6, 6.07) is 6.28. The highest BCUT2D eigenvalue weighted by molar-refractivity contribution is 7.09. The molecule has 0 radical (unpaired) electrons. The number of nitrogens with one attached hydrogen (secondary N) is 1. The van der Waals surface area contributed by atoms with Gasteiger partial charge in [0.2, 0.25) is 5.91 Å². The van der Waals surface area contributed by atoms with E-state index < -0.39 is 0 Å². The molecule has 0 spiro atoms. The number of hydrogen-bond donors (Lipinski definition) is 1. The summed E-state index contributed by atoms with van der Waals surface area (Å²) < 4.78 is 18.3. The van der Waals surface area contributed by atoms with Gasteiger partial charge in [0.15, 0.2) is 0 Å². The highest BCUT2D eigenvalue weighted by Gasteiger charge is 2.11. The Labute approximate surface area is 150 Å². The molecule has 0 atom stereocenters. The monoisotopic (exact) mass is 363 g/mol. The van der Waals surface area contributed by atoms with Gasteiger partial charge in [-0.05, 0) is 24.3 Å². The lowest BCUT2D eigenvalue weighted by Gasteiger charge is -2.26. The van der Waals surface area contributed by atoms with E-state index in [0.717, 1.165) is 49.1 Å². The Morgan fingerprint density at radius 3 is 2.80 bits per heavy atom. The highest BCUT2D eigenvalue weighted by atomic mass is 32.1. The first-order valence-corrected chi connectivity index (χ1v) is 9.36. The molecule has 1 aromatic carbocycles. The number of morpholine rings is 1. The number of carbonyl (C=O) groups excluding carboxylic acids is 1. The summed E-state index contributed by atoms with van der Waals surface area (Å²) >= 11 is 1.53. The van der Waals surface area contributed by atoms with Crippen LogP contribution in [0.4, 0.5) is 4.39 Å². The number of nitrogens with zero attached hydrogens (tertiary/aromatic N) is 2. The Kier molecular flexibility index (Phi) is 6.49. The lowest BCUT2D eigenvalue weighted by atomic mass is 10.2. The summed E-state index contributed by atoms with van der Waals surface area (Å²) in [6.07, 6.45) is 1.05. The molecular formula is C18H22FN3O2S. The van der Waals surface area contributed by atoms with Crippen LogP contribution in [0.25, 0.3) is 11.3 Å². The number of halogens is 1. The van der Waals surface area contributed by atoms with Gasteiger partial charge in [-0.1, -0.05) is 0 Å². The third-order valence-electron chi connectivity index (χ3n) is 4.11. The van der Waals surface area contributed by atoms with Crippen molar-refractivity contribution in [2.24, 2.45) is 0 Å². The summed E-state index contributed by atoms with van der Waals surface area (Å²) in [7, 11) is 0. The molecule has 0 bridgehead atoms. The summed E-state index contributed by atoms with van der Waals surface area (Å²) in [5, 5.41) is 5.82. The van der Waals surface area contributed by atoms with Crippen LogP contribution in [0.3, 0.4) is 0 Å². The molecule has 5 nitrogen and oxygen atoms in total. The third-order valence-corrected chi connectivity index (χ3v) is 5.02. The van der Waals surface area contributed by atoms with E-state index in [1.807, 2.05) is 5.38 Å². The Bertz CT molecular complexity index is 684. The SMILES string of the molecule is O=C(CCc1nc(-c2ccc(F)cc2)cs1)NCCN1CCOCC1. The average molecular weight is 363 g/mol. The molecular weight excluding hydrogens is 341 g/mol. The van der Waals surface area contributed by atoms with Gasteiger partial charge in [-0.3, -0.25) is 9.69 Å². The molecule has 0 saturated carbocycles. The minimum atomic E-state index is -0.257. The van der Waals surface area contributed by atoms with E-state index in [9.17, 15) is 9.18 Å². The van der Waals surface area contributed by atoms with Crippen molar-refractivity contribution in [3.05, 3.63) is 40.5 Å². The number of benzene rings is 1. The molecule has 1 N–H and O–H groups in total. The van der Waals surface area contributed by atoms with E-state index >= 15 is 0 Å². The molecule has 1 saturated heterocycles. The van der Waals surface area contributed by atoms with E-state index in [-0.39, 0.29) is 11.7 Å². The number of carbonyl (C=O) groups is 1. The Hall–Kier alpha value is -1.83. The number of thiazole rings is 1. The van der Waals surface area contributed by atoms with E-state index in [0.29, 0.717) is 19.4 Å². The topological polar surface area (TPSA) is 54.5 Å².